The van der Waals surface area contributed by atoms with Gasteiger partial charge in [-0.3, -0.25) is 9.59 Å². The van der Waals surface area contributed by atoms with Gasteiger partial charge in [-0.25, -0.2) is 0 Å². The number of hydrogen-bond donors (Lipinski definition) is 7. The molecular weight excluding hydrogens is 664 g/mol. The molecule has 0 amide bonds. The number of rotatable bonds is 10. The minimum atomic E-state index is -1.65. The monoisotopic (exact) mass is 724 g/mol. The van der Waals surface area contributed by atoms with Crippen LogP contribution in [0.25, 0.3) is 0 Å². The number of aliphatic hydroxyl groups excluding tert-OH is 7. The average molecular weight is 725 g/mol. The third-order valence-corrected chi connectivity index (χ3v) is 14.1. The van der Waals surface area contributed by atoms with Gasteiger partial charge in [-0.05, 0) is 68.1 Å². The fraction of sp³-hybridized carbons (Fsp3) is 0.895. The molecule has 2 saturated heterocycles. The Morgan fingerprint density at radius 3 is 2.41 bits per heavy atom. The number of carbonyl (C=O) groups is 2. The summed E-state index contributed by atoms with van der Waals surface area (Å²) in [5, 5.41) is 73.4. The molecule has 19 unspecified atom stereocenters. The molecule has 2 heterocycles. The molecule has 0 aromatic carbocycles. The maximum atomic E-state index is 13.8. The van der Waals surface area contributed by atoms with Crippen LogP contribution in [-0.2, 0) is 28.5 Å². The molecule has 5 fully saturated rings. The van der Waals surface area contributed by atoms with E-state index >= 15 is 0 Å². The average Bonchev–Trinajstić information content (AvgIpc) is 3.37. The summed E-state index contributed by atoms with van der Waals surface area (Å²) < 4.78 is 24.3. The third kappa shape index (κ3) is 6.92. The lowest BCUT2D eigenvalue weighted by Crippen LogP contribution is -2.63. The summed E-state index contributed by atoms with van der Waals surface area (Å²) in [6.07, 6.45) is -7.04. The van der Waals surface area contributed by atoms with Crippen molar-refractivity contribution in [2.45, 2.75) is 154 Å². The van der Waals surface area contributed by atoms with Gasteiger partial charge in [0.2, 0.25) is 0 Å². The van der Waals surface area contributed by atoms with Crippen LogP contribution in [0.2, 0.25) is 0 Å². The van der Waals surface area contributed by atoms with E-state index in [9.17, 15) is 45.3 Å². The van der Waals surface area contributed by atoms with E-state index in [4.69, 9.17) is 18.9 Å². The second-order valence-electron chi connectivity index (χ2n) is 17.2. The number of fused-ring (bicyclic) bond motifs is 5. The molecule has 0 bridgehead atoms. The van der Waals surface area contributed by atoms with Crippen molar-refractivity contribution in [2.24, 2.45) is 46.3 Å². The molecule has 0 aromatic heterocycles. The Kier molecular flexibility index (Phi) is 11.6. The number of ketones is 2. The van der Waals surface area contributed by atoms with E-state index < -0.39 is 78.8 Å². The zero-order valence-corrected chi connectivity index (χ0v) is 30.5. The van der Waals surface area contributed by atoms with Crippen LogP contribution in [0, 0.1) is 46.3 Å². The number of ether oxygens (including phenoxy) is 4. The van der Waals surface area contributed by atoms with Crippen molar-refractivity contribution in [2.75, 3.05) is 13.2 Å². The Hall–Kier alpha value is -1.36. The minimum Gasteiger partial charge on any atom is -0.396 e. The number of allylic oxidation sites excluding steroid dienone is 1. The van der Waals surface area contributed by atoms with Crippen molar-refractivity contribution in [1.82, 2.24) is 0 Å². The van der Waals surface area contributed by atoms with Crippen molar-refractivity contribution >= 4 is 11.6 Å². The summed E-state index contributed by atoms with van der Waals surface area (Å²) in [5.74, 6) is -0.218. The SMILES string of the molecule is CC(CO)CCC(=O)C(C)C1C(=O)CC2C3CC=C4CC(O)CC(OC5OCC(O)C(O)C5OC5OC(C)C(O)C(O)C5O)C4(C)C3CCC21C. The molecule has 4 aliphatic carbocycles. The molecule has 0 aromatic rings. The van der Waals surface area contributed by atoms with Crippen LogP contribution in [-0.4, -0.2) is 128 Å². The minimum absolute atomic E-state index is 0.0262. The number of hydrogen-bond acceptors (Lipinski definition) is 13. The van der Waals surface area contributed by atoms with Crippen LogP contribution in [0.1, 0.15) is 86.0 Å². The van der Waals surface area contributed by atoms with Crippen LogP contribution >= 0.6 is 0 Å². The maximum absolute atomic E-state index is 13.8. The van der Waals surface area contributed by atoms with Gasteiger partial charge in [-0.2, -0.15) is 0 Å². The molecule has 51 heavy (non-hydrogen) atoms. The van der Waals surface area contributed by atoms with Gasteiger partial charge >= 0.3 is 0 Å². The zero-order valence-electron chi connectivity index (χ0n) is 30.5. The Bertz CT molecular complexity index is 1310. The number of carbonyl (C=O) groups excluding carboxylic acids is 2. The lowest BCUT2D eigenvalue weighted by Gasteiger charge is -2.60. The topological polar surface area (TPSA) is 213 Å². The highest BCUT2D eigenvalue weighted by Gasteiger charge is 2.64. The summed E-state index contributed by atoms with van der Waals surface area (Å²) in [5.41, 5.74) is 0.158. The van der Waals surface area contributed by atoms with Crippen LogP contribution in [0.15, 0.2) is 11.6 Å². The van der Waals surface area contributed by atoms with Crippen LogP contribution in [0.5, 0.6) is 0 Å². The van der Waals surface area contributed by atoms with Gasteiger partial charge in [-0.15, -0.1) is 0 Å². The highest BCUT2D eigenvalue weighted by atomic mass is 16.8. The van der Waals surface area contributed by atoms with Gasteiger partial charge in [-0.1, -0.05) is 39.3 Å². The van der Waals surface area contributed by atoms with Gasteiger partial charge in [0.05, 0.1) is 24.9 Å². The molecule has 3 saturated carbocycles. The predicted molar refractivity (Wildman–Crippen MR) is 180 cm³/mol. The molecule has 0 spiro atoms. The maximum Gasteiger partial charge on any atom is 0.187 e. The second-order valence-corrected chi connectivity index (χ2v) is 17.2. The van der Waals surface area contributed by atoms with Gasteiger partial charge in [0.1, 0.15) is 48.2 Å². The van der Waals surface area contributed by atoms with Crippen molar-refractivity contribution in [3.63, 3.8) is 0 Å². The summed E-state index contributed by atoms with van der Waals surface area (Å²) in [7, 11) is 0. The van der Waals surface area contributed by atoms with E-state index in [1.54, 1.807) is 0 Å². The molecular formula is C38H60O13. The molecule has 19 atom stereocenters. The van der Waals surface area contributed by atoms with Crippen molar-refractivity contribution < 1.29 is 64.3 Å². The first-order valence-corrected chi connectivity index (χ1v) is 19.0. The van der Waals surface area contributed by atoms with Crippen LogP contribution in [0.3, 0.4) is 0 Å². The van der Waals surface area contributed by atoms with E-state index in [0.717, 1.165) is 24.8 Å². The largest absolute Gasteiger partial charge is 0.396 e. The smallest absolute Gasteiger partial charge is 0.187 e. The van der Waals surface area contributed by atoms with Crippen molar-refractivity contribution in [1.29, 1.82) is 0 Å². The second kappa shape index (κ2) is 15.1. The first kappa shape index (κ1) is 39.3. The normalized spacial score (nSPS) is 49.7. The summed E-state index contributed by atoms with van der Waals surface area (Å²) >= 11 is 0. The summed E-state index contributed by atoms with van der Waals surface area (Å²) in [6, 6.07) is 0. The molecule has 0 radical (unpaired) electrons. The molecule has 13 heteroatoms. The van der Waals surface area contributed by atoms with E-state index in [-0.39, 0.29) is 66.2 Å². The molecule has 13 nitrogen and oxygen atoms in total. The third-order valence-electron chi connectivity index (χ3n) is 14.1. The lowest BCUT2D eigenvalue weighted by atomic mass is 9.46. The van der Waals surface area contributed by atoms with Crippen LogP contribution < -0.4 is 0 Å². The molecule has 7 N–H and O–H groups in total. The highest BCUT2D eigenvalue weighted by Crippen LogP contribution is 2.67. The molecule has 290 valence electrons. The molecule has 6 aliphatic rings. The van der Waals surface area contributed by atoms with Crippen LogP contribution in [0.4, 0.5) is 0 Å². The fourth-order valence-electron chi connectivity index (χ4n) is 10.9. The molecule has 6 rings (SSSR count). The van der Waals surface area contributed by atoms with E-state index in [2.05, 4.69) is 19.9 Å². The Morgan fingerprint density at radius 2 is 1.71 bits per heavy atom. The van der Waals surface area contributed by atoms with Gasteiger partial charge < -0.3 is 54.7 Å². The summed E-state index contributed by atoms with van der Waals surface area (Å²) in [6.45, 7) is 9.43. The van der Waals surface area contributed by atoms with E-state index in [1.165, 1.54) is 6.92 Å². The fourth-order valence-corrected chi connectivity index (χ4v) is 10.9. The highest BCUT2D eigenvalue weighted by molar-refractivity contribution is 5.92. The van der Waals surface area contributed by atoms with Gasteiger partial charge in [0.25, 0.3) is 0 Å². The van der Waals surface area contributed by atoms with Crippen molar-refractivity contribution in [3.8, 4) is 0 Å². The standard InChI is InChI=1S/C38H60O13/c1-17(15-39)6-9-25(41)18(2)29-26(42)14-24-22-8-7-20-12-21(40)13-28(38(20,5)23(22)10-11-37(24,29)4)50-36-34(31(45)27(43)16-48-36)51-35-33(47)32(46)30(44)19(3)49-35/h7,17-19,21-24,27-36,39-40,43-47H,6,8-16H2,1-5H3. The molecule has 2 aliphatic heterocycles. The zero-order chi connectivity index (χ0) is 37.2. The Morgan fingerprint density at radius 1 is 0.980 bits per heavy atom. The lowest BCUT2D eigenvalue weighted by molar-refractivity contribution is -0.362. The predicted octanol–water partition coefficient (Wildman–Crippen LogP) is 1.01. The van der Waals surface area contributed by atoms with Gasteiger partial charge in [0, 0.05) is 43.1 Å². The van der Waals surface area contributed by atoms with Gasteiger partial charge in [0.15, 0.2) is 12.6 Å². The first-order chi connectivity index (χ1) is 24.0. The van der Waals surface area contributed by atoms with E-state index in [1.807, 2.05) is 13.8 Å². The summed E-state index contributed by atoms with van der Waals surface area (Å²) in [4.78, 5) is 27.2. The number of aliphatic hydroxyl groups is 7. The quantitative estimate of drug-likeness (QED) is 0.157. The number of Topliss-reactive ketones (excluding diaryl/α,β-unsaturated/α-hetero) is 2. The Labute approximate surface area is 300 Å². The first-order valence-electron chi connectivity index (χ1n) is 19.0. The van der Waals surface area contributed by atoms with Crippen molar-refractivity contribution in [3.05, 3.63) is 11.6 Å². The Balaban J connectivity index is 1.23. The van der Waals surface area contributed by atoms with E-state index in [0.29, 0.717) is 25.7 Å².